The summed E-state index contributed by atoms with van der Waals surface area (Å²) in [5.74, 6) is 0. The van der Waals surface area contributed by atoms with E-state index in [0.29, 0.717) is 4.57 Å². The SMILES string of the molecule is Cn1c(C(F)(F)F)c(Br)cc(Br)c1=O. The molecule has 0 unspecified atom stereocenters. The Bertz CT molecular complexity index is 424. The summed E-state index contributed by atoms with van der Waals surface area (Å²) in [7, 11) is 1.07. The van der Waals surface area contributed by atoms with Crippen molar-refractivity contribution >= 4 is 31.9 Å². The Kier molecular flexibility index (Phi) is 3.10. The Morgan fingerprint density at radius 3 is 2.21 bits per heavy atom. The van der Waals surface area contributed by atoms with Gasteiger partial charge in [-0.3, -0.25) is 4.79 Å². The number of pyridine rings is 1. The molecule has 78 valence electrons. The minimum absolute atomic E-state index is 0.0832. The Hall–Kier alpha value is -0.300. The van der Waals surface area contributed by atoms with Gasteiger partial charge in [-0.1, -0.05) is 0 Å². The van der Waals surface area contributed by atoms with Crippen molar-refractivity contribution < 1.29 is 13.2 Å². The smallest absolute Gasteiger partial charge is 0.306 e. The second kappa shape index (κ2) is 3.69. The molecule has 0 aliphatic carbocycles. The van der Waals surface area contributed by atoms with Gasteiger partial charge < -0.3 is 4.57 Å². The zero-order valence-electron chi connectivity index (χ0n) is 6.82. The molecule has 0 fully saturated rings. The Morgan fingerprint density at radius 1 is 1.29 bits per heavy atom. The molecule has 0 atom stereocenters. The number of aromatic nitrogens is 1. The Labute approximate surface area is 94.0 Å². The summed E-state index contributed by atoms with van der Waals surface area (Å²) in [6.45, 7) is 0. The highest BCUT2D eigenvalue weighted by Crippen LogP contribution is 2.34. The maximum Gasteiger partial charge on any atom is 0.432 e. The highest BCUT2D eigenvalue weighted by atomic mass is 79.9. The zero-order valence-corrected chi connectivity index (χ0v) is 9.99. The number of halogens is 5. The van der Waals surface area contributed by atoms with Crippen LogP contribution in [0.25, 0.3) is 0 Å². The summed E-state index contributed by atoms with van der Waals surface area (Å²) >= 11 is 5.63. The highest BCUT2D eigenvalue weighted by Gasteiger charge is 2.36. The average molecular weight is 335 g/mol. The number of hydrogen-bond donors (Lipinski definition) is 0. The normalized spacial score (nSPS) is 11.9. The maximum atomic E-state index is 12.4. The van der Waals surface area contributed by atoms with Crippen LogP contribution in [0.1, 0.15) is 5.69 Å². The van der Waals surface area contributed by atoms with E-state index in [0.717, 1.165) is 13.1 Å². The van der Waals surface area contributed by atoms with Gasteiger partial charge in [-0.25, -0.2) is 0 Å². The third-order valence-corrected chi connectivity index (χ3v) is 2.77. The van der Waals surface area contributed by atoms with Gasteiger partial charge in [0.05, 0.1) is 4.47 Å². The first kappa shape index (κ1) is 11.8. The van der Waals surface area contributed by atoms with E-state index < -0.39 is 17.4 Å². The summed E-state index contributed by atoms with van der Waals surface area (Å²) in [6, 6.07) is 1.09. The van der Waals surface area contributed by atoms with E-state index in [1.54, 1.807) is 0 Å². The molecular weight excluding hydrogens is 331 g/mol. The lowest BCUT2D eigenvalue weighted by atomic mass is 10.3. The molecule has 0 aromatic carbocycles. The fraction of sp³-hybridized carbons (Fsp3) is 0.286. The first-order valence-corrected chi connectivity index (χ1v) is 4.96. The van der Waals surface area contributed by atoms with E-state index in [1.165, 1.54) is 0 Å². The van der Waals surface area contributed by atoms with E-state index in [1.807, 2.05) is 0 Å². The van der Waals surface area contributed by atoms with E-state index in [9.17, 15) is 18.0 Å². The van der Waals surface area contributed by atoms with Crippen LogP contribution >= 0.6 is 31.9 Å². The summed E-state index contributed by atoms with van der Waals surface area (Å²) in [6.07, 6.45) is -4.55. The van der Waals surface area contributed by atoms with Crippen molar-refractivity contribution in [3.8, 4) is 0 Å². The molecule has 0 bridgehead atoms. The van der Waals surface area contributed by atoms with Crippen LogP contribution in [-0.4, -0.2) is 4.57 Å². The molecule has 14 heavy (non-hydrogen) atoms. The third kappa shape index (κ3) is 2.03. The fourth-order valence-corrected chi connectivity index (χ4v) is 2.51. The van der Waals surface area contributed by atoms with Crippen molar-refractivity contribution in [1.29, 1.82) is 0 Å². The molecular formula is C7H4Br2F3NO. The molecule has 0 saturated carbocycles. The molecule has 0 spiro atoms. The number of rotatable bonds is 0. The molecule has 7 heteroatoms. The third-order valence-electron chi connectivity index (χ3n) is 1.59. The zero-order chi connectivity index (χ0) is 11.1. The number of hydrogen-bond acceptors (Lipinski definition) is 1. The van der Waals surface area contributed by atoms with Gasteiger partial charge in [-0.05, 0) is 37.9 Å². The minimum Gasteiger partial charge on any atom is -0.306 e. The summed E-state index contributed by atoms with van der Waals surface area (Å²) in [4.78, 5) is 11.2. The molecule has 1 aromatic rings. The second-order valence-electron chi connectivity index (χ2n) is 2.55. The number of alkyl halides is 3. The van der Waals surface area contributed by atoms with Gasteiger partial charge >= 0.3 is 6.18 Å². The van der Waals surface area contributed by atoms with Crippen molar-refractivity contribution in [1.82, 2.24) is 4.57 Å². The first-order chi connectivity index (χ1) is 6.25. The predicted molar refractivity (Wildman–Crippen MR) is 52.1 cm³/mol. The van der Waals surface area contributed by atoms with E-state index >= 15 is 0 Å². The molecule has 1 heterocycles. The number of nitrogens with zero attached hydrogens (tertiary/aromatic N) is 1. The molecule has 1 aromatic heterocycles. The van der Waals surface area contributed by atoms with Crippen molar-refractivity contribution in [2.75, 3.05) is 0 Å². The van der Waals surface area contributed by atoms with E-state index in [-0.39, 0.29) is 8.95 Å². The van der Waals surface area contributed by atoms with Gasteiger partial charge in [-0.2, -0.15) is 13.2 Å². The summed E-state index contributed by atoms with van der Waals surface area (Å²) < 4.78 is 37.7. The molecule has 0 radical (unpaired) electrons. The Balaban J connectivity index is 3.61. The van der Waals surface area contributed by atoms with Gasteiger partial charge in [0.2, 0.25) is 0 Å². The van der Waals surface area contributed by atoms with Crippen LogP contribution in [0, 0.1) is 0 Å². The van der Waals surface area contributed by atoms with Crippen LogP contribution < -0.4 is 5.56 Å². The average Bonchev–Trinajstić information content (AvgIpc) is 1.97. The van der Waals surface area contributed by atoms with Crippen molar-refractivity contribution in [2.45, 2.75) is 6.18 Å². The quantitative estimate of drug-likeness (QED) is 0.715. The minimum atomic E-state index is -4.55. The monoisotopic (exact) mass is 333 g/mol. The van der Waals surface area contributed by atoms with Gasteiger partial charge in [0, 0.05) is 11.5 Å². The van der Waals surface area contributed by atoms with Crippen molar-refractivity contribution in [2.24, 2.45) is 7.05 Å². The summed E-state index contributed by atoms with van der Waals surface area (Å²) in [5, 5.41) is 0. The molecule has 0 N–H and O–H groups in total. The van der Waals surface area contributed by atoms with Crippen LogP contribution in [0.15, 0.2) is 19.8 Å². The van der Waals surface area contributed by atoms with Crippen LogP contribution in [0.4, 0.5) is 13.2 Å². The van der Waals surface area contributed by atoms with Gasteiger partial charge in [0.15, 0.2) is 0 Å². The van der Waals surface area contributed by atoms with Crippen molar-refractivity contribution in [3.63, 3.8) is 0 Å². The standard InChI is InChI=1S/C7H4Br2F3NO/c1-13-5(7(10,11)12)3(8)2-4(9)6(13)14/h2H,1H3. The lowest BCUT2D eigenvalue weighted by molar-refractivity contribution is -0.144. The van der Waals surface area contributed by atoms with Gasteiger partial charge in [0.25, 0.3) is 5.56 Å². The van der Waals surface area contributed by atoms with Gasteiger partial charge in [0.1, 0.15) is 5.69 Å². The van der Waals surface area contributed by atoms with Crippen LogP contribution in [-0.2, 0) is 13.2 Å². The maximum absolute atomic E-state index is 12.4. The van der Waals surface area contributed by atoms with E-state index in [4.69, 9.17) is 0 Å². The summed E-state index contributed by atoms with van der Waals surface area (Å²) in [5.41, 5.74) is -1.72. The van der Waals surface area contributed by atoms with E-state index in [2.05, 4.69) is 31.9 Å². The fourth-order valence-electron chi connectivity index (χ4n) is 0.989. The molecule has 0 aliphatic heterocycles. The first-order valence-electron chi connectivity index (χ1n) is 3.37. The molecule has 0 amide bonds. The molecule has 0 saturated heterocycles. The molecule has 0 aliphatic rings. The van der Waals surface area contributed by atoms with Crippen LogP contribution in [0.3, 0.4) is 0 Å². The topological polar surface area (TPSA) is 22.0 Å². The lowest BCUT2D eigenvalue weighted by Crippen LogP contribution is -2.26. The largest absolute Gasteiger partial charge is 0.432 e. The van der Waals surface area contributed by atoms with Crippen molar-refractivity contribution in [3.05, 3.63) is 31.1 Å². The van der Waals surface area contributed by atoms with Crippen LogP contribution in [0.5, 0.6) is 0 Å². The molecule has 2 nitrogen and oxygen atoms in total. The van der Waals surface area contributed by atoms with Crippen LogP contribution in [0.2, 0.25) is 0 Å². The predicted octanol–water partition coefficient (Wildman–Crippen LogP) is 2.93. The van der Waals surface area contributed by atoms with Gasteiger partial charge in [-0.15, -0.1) is 0 Å². The molecule has 1 rings (SSSR count). The lowest BCUT2D eigenvalue weighted by Gasteiger charge is -2.13. The highest BCUT2D eigenvalue weighted by molar-refractivity contribution is 9.11. The second-order valence-corrected chi connectivity index (χ2v) is 4.26. The Morgan fingerprint density at radius 2 is 1.79 bits per heavy atom.